The van der Waals surface area contributed by atoms with E-state index >= 15 is 0 Å². The van der Waals surface area contributed by atoms with Crippen LogP contribution in [0.5, 0.6) is 0 Å². The van der Waals surface area contributed by atoms with Gasteiger partial charge in [0.2, 0.25) is 0 Å². The molecule has 2 rings (SSSR count). The van der Waals surface area contributed by atoms with E-state index in [-0.39, 0.29) is 5.56 Å². The molecule has 0 saturated heterocycles. The molecule has 0 aliphatic heterocycles. The van der Waals surface area contributed by atoms with E-state index in [0.717, 1.165) is 4.88 Å². The van der Waals surface area contributed by atoms with Gasteiger partial charge < -0.3 is 5.11 Å². The zero-order valence-corrected chi connectivity index (χ0v) is 9.72. The first kappa shape index (κ1) is 11.5. The highest BCUT2D eigenvalue weighted by Gasteiger charge is 2.00. The van der Waals surface area contributed by atoms with Crippen LogP contribution >= 0.6 is 11.3 Å². The van der Waals surface area contributed by atoms with Crippen LogP contribution in [0, 0.1) is 0 Å². The normalized spacial score (nSPS) is 10.8. The molecule has 1 N–H and O–H groups in total. The third kappa shape index (κ3) is 3.22. The van der Waals surface area contributed by atoms with Crippen molar-refractivity contribution >= 4 is 23.0 Å². The fourth-order valence-corrected chi connectivity index (χ4v) is 1.88. The minimum absolute atomic E-state index is 0.252. The van der Waals surface area contributed by atoms with E-state index in [1.165, 1.54) is 12.1 Å². The summed E-state index contributed by atoms with van der Waals surface area (Å²) >= 11 is 1.63. The Bertz CT molecular complexity index is 518. The van der Waals surface area contributed by atoms with Crippen LogP contribution in [-0.4, -0.2) is 11.1 Å². The lowest BCUT2D eigenvalue weighted by Gasteiger charge is -1.94. The predicted octanol–water partition coefficient (Wildman–Crippen LogP) is 3.73. The lowest BCUT2D eigenvalue weighted by molar-refractivity contribution is 0.0697. The van der Waals surface area contributed by atoms with Crippen molar-refractivity contribution in [2.45, 2.75) is 6.54 Å². The molecule has 86 valence electrons. The zero-order valence-electron chi connectivity index (χ0n) is 8.91. The van der Waals surface area contributed by atoms with Gasteiger partial charge in [0, 0.05) is 4.88 Å². The minimum atomic E-state index is -0.938. The Kier molecular flexibility index (Phi) is 3.62. The van der Waals surface area contributed by atoms with Crippen LogP contribution in [0.2, 0.25) is 0 Å². The van der Waals surface area contributed by atoms with E-state index in [1.807, 2.05) is 17.5 Å². The number of thiophene rings is 1. The molecule has 1 heterocycles. The topological polar surface area (TPSA) is 62.0 Å². The highest BCUT2D eigenvalue weighted by atomic mass is 32.1. The van der Waals surface area contributed by atoms with Gasteiger partial charge in [-0.1, -0.05) is 6.07 Å². The van der Waals surface area contributed by atoms with Crippen molar-refractivity contribution in [3.63, 3.8) is 0 Å². The Morgan fingerprint density at radius 2 is 2.00 bits per heavy atom. The van der Waals surface area contributed by atoms with Crippen LogP contribution in [0.3, 0.4) is 0 Å². The first-order chi connectivity index (χ1) is 8.25. The number of nitrogens with zero attached hydrogens (tertiary/aromatic N) is 2. The molecule has 5 heteroatoms. The lowest BCUT2D eigenvalue weighted by Crippen LogP contribution is -1.93. The van der Waals surface area contributed by atoms with Crippen molar-refractivity contribution in [2.24, 2.45) is 10.2 Å². The number of rotatable bonds is 4. The average Bonchev–Trinajstić information content (AvgIpc) is 2.83. The number of hydrogen-bond acceptors (Lipinski definition) is 4. The number of aromatic carboxylic acids is 1. The Labute approximate surface area is 102 Å². The third-order valence-electron chi connectivity index (χ3n) is 2.11. The molecule has 17 heavy (non-hydrogen) atoms. The Hall–Kier alpha value is -2.01. The van der Waals surface area contributed by atoms with Gasteiger partial charge in [0.15, 0.2) is 0 Å². The van der Waals surface area contributed by atoms with Gasteiger partial charge >= 0.3 is 5.97 Å². The minimum Gasteiger partial charge on any atom is -0.478 e. The molecule has 1 aromatic heterocycles. The number of hydrogen-bond donors (Lipinski definition) is 1. The van der Waals surface area contributed by atoms with Crippen LogP contribution in [0.1, 0.15) is 15.2 Å². The first-order valence-electron chi connectivity index (χ1n) is 4.99. The van der Waals surface area contributed by atoms with Crippen LogP contribution in [0.4, 0.5) is 5.69 Å². The van der Waals surface area contributed by atoms with Crippen molar-refractivity contribution in [2.75, 3.05) is 0 Å². The number of azo groups is 1. The van der Waals surface area contributed by atoms with E-state index in [9.17, 15) is 4.79 Å². The molecule has 1 aromatic carbocycles. The van der Waals surface area contributed by atoms with E-state index in [0.29, 0.717) is 12.2 Å². The van der Waals surface area contributed by atoms with Crippen LogP contribution < -0.4 is 0 Å². The van der Waals surface area contributed by atoms with Crippen molar-refractivity contribution in [1.82, 2.24) is 0 Å². The summed E-state index contributed by atoms with van der Waals surface area (Å²) in [4.78, 5) is 11.8. The average molecular weight is 246 g/mol. The molecule has 0 fully saturated rings. The molecule has 0 saturated carbocycles. The second kappa shape index (κ2) is 5.36. The molecule has 2 aromatic rings. The first-order valence-corrected chi connectivity index (χ1v) is 5.87. The second-order valence-corrected chi connectivity index (χ2v) is 4.36. The second-order valence-electron chi connectivity index (χ2n) is 3.33. The summed E-state index contributed by atoms with van der Waals surface area (Å²) in [5, 5.41) is 18.8. The van der Waals surface area contributed by atoms with Gasteiger partial charge in [0.1, 0.15) is 0 Å². The molecule has 0 atom stereocenters. The summed E-state index contributed by atoms with van der Waals surface area (Å²) in [6, 6.07) is 10.3. The molecule has 0 amide bonds. The summed E-state index contributed by atoms with van der Waals surface area (Å²) in [6.07, 6.45) is 0. The Morgan fingerprint density at radius 1 is 1.24 bits per heavy atom. The zero-order chi connectivity index (χ0) is 12.1. The predicted molar refractivity (Wildman–Crippen MR) is 65.9 cm³/mol. The van der Waals surface area contributed by atoms with Gasteiger partial charge in [-0.15, -0.1) is 11.3 Å². The fourth-order valence-electron chi connectivity index (χ4n) is 1.26. The van der Waals surface area contributed by atoms with Gasteiger partial charge in [-0.05, 0) is 35.7 Å². The molecule has 0 radical (unpaired) electrons. The molecule has 0 aliphatic rings. The summed E-state index contributed by atoms with van der Waals surface area (Å²) in [5.74, 6) is -0.938. The Morgan fingerprint density at radius 3 is 2.59 bits per heavy atom. The quantitative estimate of drug-likeness (QED) is 0.835. The fraction of sp³-hybridized carbons (Fsp3) is 0.0833. The highest BCUT2D eigenvalue weighted by Crippen LogP contribution is 2.15. The number of carboxylic acids is 1. The van der Waals surface area contributed by atoms with Gasteiger partial charge in [0.05, 0.1) is 17.8 Å². The maximum absolute atomic E-state index is 10.6. The molecular formula is C12H10N2O2S. The molecule has 0 bridgehead atoms. The van der Waals surface area contributed by atoms with Gasteiger partial charge in [-0.25, -0.2) is 4.79 Å². The summed E-state index contributed by atoms with van der Waals surface area (Å²) in [5.41, 5.74) is 0.911. The highest BCUT2D eigenvalue weighted by molar-refractivity contribution is 7.09. The molecule has 0 unspecified atom stereocenters. The van der Waals surface area contributed by atoms with Crippen molar-refractivity contribution < 1.29 is 9.90 Å². The molecule has 4 nitrogen and oxygen atoms in total. The summed E-state index contributed by atoms with van der Waals surface area (Å²) in [6.45, 7) is 0.554. The number of carbonyl (C=O) groups is 1. The summed E-state index contributed by atoms with van der Waals surface area (Å²) in [7, 11) is 0. The van der Waals surface area contributed by atoms with Crippen LogP contribution in [0.25, 0.3) is 0 Å². The summed E-state index contributed by atoms with van der Waals surface area (Å²) < 4.78 is 0. The number of carboxylic acid groups (broad SMARTS) is 1. The smallest absolute Gasteiger partial charge is 0.335 e. The van der Waals surface area contributed by atoms with Crippen LogP contribution in [0.15, 0.2) is 52.0 Å². The van der Waals surface area contributed by atoms with Gasteiger partial charge in [0.25, 0.3) is 0 Å². The van der Waals surface area contributed by atoms with E-state index < -0.39 is 5.97 Å². The lowest BCUT2D eigenvalue weighted by atomic mass is 10.2. The van der Waals surface area contributed by atoms with Crippen molar-refractivity contribution in [1.29, 1.82) is 0 Å². The monoisotopic (exact) mass is 246 g/mol. The standard InChI is InChI=1S/C12H10N2O2S/c15-12(16)9-3-5-10(6-4-9)14-13-8-11-2-1-7-17-11/h1-7H,8H2,(H,15,16). The largest absolute Gasteiger partial charge is 0.478 e. The van der Waals surface area contributed by atoms with Gasteiger partial charge in [-0.3, -0.25) is 0 Å². The number of benzene rings is 1. The van der Waals surface area contributed by atoms with E-state index in [2.05, 4.69) is 10.2 Å². The van der Waals surface area contributed by atoms with Gasteiger partial charge in [-0.2, -0.15) is 10.2 Å². The molecular weight excluding hydrogens is 236 g/mol. The third-order valence-corrected chi connectivity index (χ3v) is 2.97. The van der Waals surface area contributed by atoms with E-state index in [1.54, 1.807) is 23.5 Å². The maximum atomic E-state index is 10.6. The molecule has 0 aliphatic carbocycles. The van der Waals surface area contributed by atoms with E-state index in [4.69, 9.17) is 5.11 Å². The van der Waals surface area contributed by atoms with Crippen molar-refractivity contribution in [3.8, 4) is 0 Å². The van der Waals surface area contributed by atoms with Crippen molar-refractivity contribution in [3.05, 3.63) is 52.2 Å². The Balaban J connectivity index is 1.99. The van der Waals surface area contributed by atoms with Crippen LogP contribution in [-0.2, 0) is 6.54 Å². The molecule has 0 spiro atoms. The SMILES string of the molecule is O=C(O)c1ccc(N=NCc2cccs2)cc1. The maximum Gasteiger partial charge on any atom is 0.335 e.